The number of benzene rings is 3. The molecule has 3 aromatic rings. The van der Waals surface area contributed by atoms with Gasteiger partial charge in [0.15, 0.2) is 0 Å². The van der Waals surface area contributed by atoms with E-state index in [1.807, 2.05) is 30.3 Å². The van der Waals surface area contributed by atoms with Crippen LogP contribution in [0.1, 0.15) is 33.0 Å². The maximum absolute atomic E-state index is 13.8. The van der Waals surface area contributed by atoms with E-state index in [0.29, 0.717) is 16.7 Å². The average molecular weight is 510 g/mol. The Morgan fingerprint density at radius 3 is 2.30 bits per heavy atom. The molecule has 0 fully saturated rings. The van der Waals surface area contributed by atoms with Gasteiger partial charge in [-0.3, -0.25) is 9.59 Å². The van der Waals surface area contributed by atoms with E-state index in [4.69, 9.17) is 10.5 Å². The van der Waals surface area contributed by atoms with E-state index >= 15 is 0 Å². The Bertz CT molecular complexity index is 1290. The van der Waals surface area contributed by atoms with Gasteiger partial charge in [-0.2, -0.15) is 13.2 Å². The van der Waals surface area contributed by atoms with E-state index in [1.54, 1.807) is 29.2 Å². The number of amides is 2. The molecule has 1 heterocycles. The summed E-state index contributed by atoms with van der Waals surface area (Å²) in [5.74, 6) is -1.66. The monoisotopic (exact) mass is 509 g/mol. The number of halogens is 3. The summed E-state index contributed by atoms with van der Waals surface area (Å²) in [6.07, 6.45) is -3.10. The number of alkyl halides is 3. The van der Waals surface area contributed by atoms with Crippen LogP contribution in [-0.2, 0) is 15.7 Å². The quantitative estimate of drug-likeness (QED) is 0.475. The van der Waals surface area contributed by atoms with E-state index in [1.165, 1.54) is 25.4 Å². The fraction of sp³-hybridized carbons (Fsp3) is 0.214. The largest absolute Gasteiger partial charge is 0.416 e. The van der Waals surface area contributed by atoms with Gasteiger partial charge >= 0.3 is 6.18 Å². The first kappa shape index (κ1) is 26.0. The lowest BCUT2D eigenvalue weighted by Gasteiger charge is -2.42. The first-order valence-electron chi connectivity index (χ1n) is 11.6. The molecule has 3 aromatic carbocycles. The van der Waals surface area contributed by atoms with Gasteiger partial charge in [-0.15, -0.1) is 0 Å². The first-order chi connectivity index (χ1) is 17.8. The van der Waals surface area contributed by atoms with Crippen LogP contribution in [0, 0.1) is 0 Å². The van der Waals surface area contributed by atoms with Crippen LogP contribution in [0.2, 0.25) is 0 Å². The molecule has 9 heteroatoms. The van der Waals surface area contributed by atoms with Crippen molar-refractivity contribution in [1.29, 1.82) is 0 Å². The van der Waals surface area contributed by atoms with Crippen molar-refractivity contribution in [2.75, 3.05) is 25.6 Å². The first-order valence-corrected chi connectivity index (χ1v) is 11.6. The van der Waals surface area contributed by atoms with Crippen LogP contribution in [0.15, 0.2) is 85.1 Å². The normalized spacial score (nSPS) is 17.9. The van der Waals surface area contributed by atoms with Gasteiger partial charge < -0.3 is 20.7 Å². The van der Waals surface area contributed by atoms with Crippen LogP contribution in [-0.4, -0.2) is 43.0 Å². The molecule has 0 aliphatic carbocycles. The fourth-order valence-electron chi connectivity index (χ4n) is 4.62. The summed E-state index contributed by atoms with van der Waals surface area (Å²) < 4.78 is 44.3. The molecule has 3 N–H and O–H groups in total. The number of rotatable bonds is 7. The number of hydrogen-bond acceptors (Lipinski definition) is 4. The lowest BCUT2D eigenvalue weighted by atomic mass is 9.77. The molecular formula is C28H26F3N3O3. The van der Waals surface area contributed by atoms with Gasteiger partial charge in [0.2, 0.25) is 5.91 Å². The van der Waals surface area contributed by atoms with Crippen molar-refractivity contribution >= 4 is 23.1 Å². The van der Waals surface area contributed by atoms with Gasteiger partial charge in [0.05, 0.1) is 24.1 Å². The summed E-state index contributed by atoms with van der Waals surface area (Å²) >= 11 is 0. The van der Waals surface area contributed by atoms with Gasteiger partial charge in [-0.05, 0) is 53.2 Å². The van der Waals surface area contributed by atoms with Crippen LogP contribution in [0.5, 0.6) is 0 Å². The standard InChI is InChI=1S/C28H26F3N3O3/c1-37-16-15-34-25(23(17-32)18-7-3-2-4-8-18)24(21-9-5-6-10-22(21)27(34)36)26(35)33-20-13-11-19(12-14-20)28(29,30)31/h2-14,17,24-25H,15-16,32H2,1H3,(H,33,35)/b23-17+. The Kier molecular flexibility index (Phi) is 7.63. The predicted octanol–water partition coefficient (Wildman–Crippen LogP) is 4.90. The van der Waals surface area contributed by atoms with E-state index in [2.05, 4.69) is 5.32 Å². The molecule has 0 bridgehead atoms. The Labute approximate surface area is 212 Å². The molecule has 0 spiro atoms. The molecule has 0 aromatic heterocycles. The topological polar surface area (TPSA) is 84.7 Å². The summed E-state index contributed by atoms with van der Waals surface area (Å²) in [6, 6.07) is 19.4. The maximum Gasteiger partial charge on any atom is 0.416 e. The molecule has 2 unspecified atom stereocenters. The fourth-order valence-corrected chi connectivity index (χ4v) is 4.62. The summed E-state index contributed by atoms with van der Waals surface area (Å²) in [7, 11) is 1.52. The molecule has 37 heavy (non-hydrogen) atoms. The highest BCUT2D eigenvalue weighted by Crippen LogP contribution is 2.40. The van der Waals surface area contributed by atoms with E-state index < -0.39 is 29.6 Å². The van der Waals surface area contributed by atoms with Crippen LogP contribution >= 0.6 is 0 Å². The van der Waals surface area contributed by atoms with Crippen LogP contribution in [0.25, 0.3) is 5.57 Å². The van der Waals surface area contributed by atoms with E-state index in [0.717, 1.165) is 17.7 Å². The van der Waals surface area contributed by atoms with Gasteiger partial charge in [0.25, 0.3) is 5.91 Å². The minimum Gasteiger partial charge on any atom is -0.404 e. The van der Waals surface area contributed by atoms with Crippen molar-refractivity contribution in [3.8, 4) is 0 Å². The Balaban J connectivity index is 1.80. The van der Waals surface area contributed by atoms with Crippen molar-refractivity contribution < 1.29 is 27.5 Å². The second-order valence-electron chi connectivity index (χ2n) is 8.55. The van der Waals surface area contributed by atoms with Crippen LogP contribution < -0.4 is 11.1 Å². The third-order valence-electron chi connectivity index (χ3n) is 6.34. The zero-order valence-corrected chi connectivity index (χ0v) is 20.0. The molecule has 2 atom stereocenters. The molecule has 6 nitrogen and oxygen atoms in total. The molecule has 192 valence electrons. The van der Waals surface area contributed by atoms with E-state index in [-0.39, 0.29) is 24.7 Å². The Hall–Kier alpha value is -4.11. The van der Waals surface area contributed by atoms with Gasteiger partial charge in [0.1, 0.15) is 0 Å². The summed E-state index contributed by atoms with van der Waals surface area (Å²) in [5.41, 5.74) is 7.65. The molecular weight excluding hydrogens is 483 g/mol. The number of nitrogens with zero attached hydrogens (tertiary/aromatic N) is 1. The number of nitrogens with two attached hydrogens (primary N) is 1. The number of carbonyl (C=O) groups excluding carboxylic acids is 2. The van der Waals surface area contributed by atoms with Crippen molar-refractivity contribution in [2.45, 2.75) is 18.1 Å². The second kappa shape index (κ2) is 10.9. The molecule has 0 saturated carbocycles. The number of fused-ring (bicyclic) bond motifs is 1. The van der Waals surface area contributed by atoms with Crippen LogP contribution in [0.4, 0.5) is 18.9 Å². The highest BCUT2D eigenvalue weighted by molar-refractivity contribution is 6.06. The number of anilines is 1. The highest BCUT2D eigenvalue weighted by Gasteiger charge is 2.45. The maximum atomic E-state index is 13.8. The summed E-state index contributed by atoms with van der Waals surface area (Å²) in [5, 5.41) is 2.74. The SMILES string of the molecule is COCCN1C(=O)c2ccccc2C(C(=O)Nc2ccc(C(F)(F)F)cc2)C1/C(=C/N)c1ccccc1. The molecule has 1 aliphatic rings. The lowest BCUT2D eigenvalue weighted by molar-refractivity contribution is -0.137. The molecule has 2 amide bonds. The smallest absolute Gasteiger partial charge is 0.404 e. The Morgan fingerprint density at radius 2 is 1.68 bits per heavy atom. The minimum absolute atomic E-state index is 0.197. The van der Waals surface area contributed by atoms with Crippen molar-refractivity contribution in [1.82, 2.24) is 4.90 Å². The van der Waals surface area contributed by atoms with E-state index in [9.17, 15) is 22.8 Å². The number of ether oxygens (including phenoxy) is 1. The number of nitrogens with one attached hydrogen (secondary N) is 1. The van der Waals surface area contributed by atoms with Crippen LogP contribution in [0.3, 0.4) is 0 Å². The summed E-state index contributed by atoms with van der Waals surface area (Å²) in [4.78, 5) is 29.0. The average Bonchev–Trinajstić information content (AvgIpc) is 2.89. The minimum atomic E-state index is -4.49. The highest BCUT2D eigenvalue weighted by atomic mass is 19.4. The zero-order chi connectivity index (χ0) is 26.6. The van der Waals surface area contributed by atoms with Crippen molar-refractivity contribution in [3.05, 3.63) is 107 Å². The second-order valence-corrected chi connectivity index (χ2v) is 8.55. The number of hydrogen-bond donors (Lipinski definition) is 2. The number of methoxy groups -OCH3 is 1. The number of carbonyl (C=O) groups is 2. The molecule has 0 saturated heterocycles. The van der Waals surface area contributed by atoms with Crippen molar-refractivity contribution in [3.63, 3.8) is 0 Å². The summed E-state index contributed by atoms with van der Waals surface area (Å²) in [6.45, 7) is 0.423. The lowest BCUT2D eigenvalue weighted by Crippen LogP contribution is -2.52. The van der Waals surface area contributed by atoms with Crippen molar-refractivity contribution in [2.24, 2.45) is 5.73 Å². The molecule has 4 rings (SSSR count). The zero-order valence-electron chi connectivity index (χ0n) is 20.0. The third-order valence-corrected chi connectivity index (χ3v) is 6.34. The molecule has 1 aliphatic heterocycles. The van der Waals surface area contributed by atoms with Gasteiger partial charge in [-0.1, -0.05) is 48.5 Å². The third kappa shape index (κ3) is 5.36. The van der Waals surface area contributed by atoms with Gasteiger partial charge in [-0.25, -0.2) is 0 Å². The predicted molar refractivity (Wildman–Crippen MR) is 135 cm³/mol. The van der Waals surface area contributed by atoms with Gasteiger partial charge in [0, 0.05) is 24.9 Å². The molecule has 0 radical (unpaired) electrons. The Morgan fingerprint density at radius 1 is 1.03 bits per heavy atom.